The van der Waals surface area contributed by atoms with E-state index in [-0.39, 0.29) is 0 Å². The van der Waals surface area contributed by atoms with Crippen molar-refractivity contribution in [3.8, 4) is 0 Å². The molecule has 74 valence electrons. The molecule has 0 saturated heterocycles. The maximum absolute atomic E-state index is 5.73. The largest absolute Gasteiger partial charge is 0.326 e. The highest BCUT2D eigenvalue weighted by Gasteiger charge is 2.10. The van der Waals surface area contributed by atoms with Gasteiger partial charge in [0.05, 0.1) is 11.2 Å². The summed E-state index contributed by atoms with van der Waals surface area (Å²) in [6.45, 7) is 2.54. The van der Waals surface area contributed by atoms with Crippen LogP contribution >= 0.6 is 15.9 Å². The Morgan fingerprint density at radius 2 is 2.21 bits per heavy atom. The lowest BCUT2D eigenvalue weighted by atomic mass is 10.1. The quantitative estimate of drug-likeness (QED) is 0.846. The lowest BCUT2D eigenvalue weighted by molar-refractivity contribution is 0.783. The van der Waals surface area contributed by atoms with Gasteiger partial charge in [-0.25, -0.2) is 0 Å². The Bertz CT molecular complexity index is 488. The van der Waals surface area contributed by atoms with Crippen molar-refractivity contribution in [1.82, 2.24) is 9.78 Å². The zero-order chi connectivity index (χ0) is 10.3. The van der Waals surface area contributed by atoms with Gasteiger partial charge in [-0.2, -0.15) is 5.10 Å². The first kappa shape index (κ1) is 9.68. The van der Waals surface area contributed by atoms with Gasteiger partial charge >= 0.3 is 0 Å². The molecule has 0 bridgehead atoms. The summed E-state index contributed by atoms with van der Waals surface area (Å²) in [5, 5.41) is 5.55. The fourth-order valence-electron chi connectivity index (χ4n) is 1.81. The molecule has 2 rings (SSSR count). The second kappa shape index (κ2) is 3.37. The predicted molar refractivity (Wildman–Crippen MR) is 61.0 cm³/mol. The Kier molecular flexibility index (Phi) is 2.33. The van der Waals surface area contributed by atoms with Gasteiger partial charge in [0.25, 0.3) is 0 Å². The second-order valence-corrected chi connectivity index (χ2v) is 4.19. The van der Waals surface area contributed by atoms with Crippen LogP contribution in [0.1, 0.15) is 11.3 Å². The highest BCUT2D eigenvalue weighted by Crippen LogP contribution is 2.28. The number of aromatic nitrogens is 2. The van der Waals surface area contributed by atoms with E-state index in [9.17, 15) is 0 Å². The van der Waals surface area contributed by atoms with Crippen LogP contribution in [-0.4, -0.2) is 9.78 Å². The second-order valence-electron chi connectivity index (χ2n) is 3.33. The van der Waals surface area contributed by atoms with E-state index < -0.39 is 0 Å². The summed E-state index contributed by atoms with van der Waals surface area (Å²) in [5.74, 6) is 0. The number of fused-ring (bicyclic) bond motifs is 1. The normalized spacial score (nSPS) is 11.1. The summed E-state index contributed by atoms with van der Waals surface area (Å²) in [6.07, 6.45) is 0. The van der Waals surface area contributed by atoms with Crippen molar-refractivity contribution in [3.63, 3.8) is 0 Å². The van der Waals surface area contributed by atoms with E-state index >= 15 is 0 Å². The molecule has 0 aliphatic rings. The average Bonchev–Trinajstić information content (AvgIpc) is 2.43. The number of nitrogens with zero attached hydrogens (tertiary/aromatic N) is 2. The molecule has 2 N–H and O–H groups in total. The Hall–Kier alpha value is -0.870. The first-order chi connectivity index (χ1) is 6.65. The Balaban J connectivity index is 2.92. The molecule has 3 nitrogen and oxygen atoms in total. The van der Waals surface area contributed by atoms with Gasteiger partial charge in [0.2, 0.25) is 0 Å². The predicted octanol–water partition coefficient (Wildman–Crippen LogP) is 2.10. The van der Waals surface area contributed by atoms with Gasteiger partial charge < -0.3 is 5.73 Å². The Morgan fingerprint density at radius 3 is 2.86 bits per heavy atom. The van der Waals surface area contributed by atoms with Crippen LogP contribution in [0.25, 0.3) is 10.9 Å². The van der Waals surface area contributed by atoms with Crippen molar-refractivity contribution in [1.29, 1.82) is 0 Å². The van der Waals surface area contributed by atoms with Gasteiger partial charge in [-0.3, -0.25) is 4.68 Å². The SMILES string of the molecule is Cc1nn(C)c2ccc(Br)c(CN)c12. The third-order valence-electron chi connectivity index (χ3n) is 2.45. The summed E-state index contributed by atoms with van der Waals surface area (Å²) in [4.78, 5) is 0. The molecule has 1 heterocycles. The van der Waals surface area contributed by atoms with Crippen LogP contribution < -0.4 is 5.73 Å². The van der Waals surface area contributed by atoms with Crippen LogP contribution in [0.4, 0.5) is 0 Å². The number of hydrogen-bond acceptors (Lipinski definition) is 2. The zero-order valence-corrected chi connectivity index (χ0v) is 9.80. The molecule has 0 amide bonds. The van der Waals surface area contributed by atoms with E-state index in [1.165, 1.54) is 5.39 Å². The standard InChI is InChI=1S/C10H12BrN3/c1-6-10-7(5-12)8(11)3-4-9(10)14(2)13-6/h3-4H,5,12H2,1-2H3. The number of aryl methyl sites for hydroxylation is 2. The molecule has 0 atom stereocenters. The van der Waals surface area contributed by atoms with Crippen LogP contribution in [-0.2, 0) is 13.6 Å². The fraction of sp³-hybridized carbons (Fsp3) is 0.300. The van der Waals surface area contributed by atoms with Crippen molar-refractivity contribution in [2.45, 2.75) is 13.5 Å². The van der Waals surface area contributed by atoms with Gasteiger partial charge in [-0.1, -0.05) is 15.9 Å². The molecule has 1 aromatic heterocycles. The molecule has 0 aliphatic carbocycles. The fourth-order valence-corrected chi connectivity index (χ4v) is 2.30. The molecule has 4 heteroatoms. The lowest BCUT2D eigenvalue weighted by Crippen LogP contribution is -1.98. The molecular weight excluding hydrogens is 242 g/mol. The summed E-state index contributed by atoms with van der Waals surface area (Å²) >= 11 is 3.50. The number of rotatable bonds is 1. The topological polar surface area (TPSA) is 43.8 Å². The van der Waals surface area contributed by atoms with Crippen LogP contribution in [0.3, 0.4) is 0 Å². The molecule has 0 fully saturated rings. The van der Waals surface area contributed by atoms with Crippen molar-refractivity contribution in [2.75, 3.05) is 0 Å². The number of nitrogens with two attached hydrogens (primary N) is 1. The van der Waals surface area contributed by atoms with Crippen molar-refractivity contribution in [2.24, 2.45) is 12.8 Å². The molecule has 1 aromatic carbocycles. The molecule has 0 saturated carbocycles. The highest BCUT2D eigenvalue weighted by atomic mass is 79.9. The third-order valence-corrected chi connectivity index (χ3v) is 3.19. The van der Waals surface area contributed by atoms with E-state index in [1.54, 1.807) is 0 Å². The highest BCUT2D eigenvalue weighted by molar-refractivity contribution is 9.10. The lowest BCUT2D eigenvalue weighted by Gasteiger charge is -2.03. The molecule has 0 spiro atoms. The Labute approximate surface area is 91.0 Å². The van der Waals surface area contributed by atoms with E-state index in [4.69, 9.17) is 5.73 Å². The first-order valence-electron chi connectivity index (χ1n) is 4.46. The van der Waals surface area contributed by atoms with Crippen LogP contribution in [0.5, 0.6) is 0 Å². The number of benzene rings is 1. The van der Waals surface area contributed by atoms with Crippen LogP contribution in [0, 0.1) is 6.92 Å². The molecular formula is C10H12BrN3. The zero-order valence-electron chi connectivity index (χ0n) is 8.21. The van der Waals surface area contributed by atoms with Gasteiger partial charge in [0.1, 0.15) is 0 Å². The summed E-state index contributed by atoms with van der Waals surface area (Å²) < 4.78 is 2.94. The van der Waals surface area contributed by atoms with Gasteiger partial charge in [-0.15, -0.1) is 0 Å². The summed E-state index contributed by atoms with van der Waals surface area (Å²) in [6, 6.07) is 4.07. The maximum Gasteiger partial charge on any atom is 0.0685 e. The van der Waals surface area contributed by atoms with Gasteiger partial charge in [0.15, 0.2) is 0 Å². The van der Waals surface area contributed by atoms with E-state index in [0.29, 0.717) is 6.54 Å². The third kappa shape index (κ3) is 1.26. The Morgan fingerprint density at radius 1 is 1.50 bits per heavy atom. The molecule has 0 unspecified atom stereocenters. The average molecular weight is 254 g/mol. The van der Waals surface area contributed by atoms with E-state index in [2.05, 4.69) is 27.1 Å². The monoisotopic (exact) mass is 253 g/mol. The van der Waals surface area contributed by atoms with Gasteiger partial charge in [-0.05, 0) is 24.6 Å². The van der Waals surface area contributed by atoms with Crippen LogP contribution in [0.15, 0.2) is 16.6 Å². The molecule has 14 heavy (non-hydrogen) atoms. The molecule has 0 aliphatic heterocycles. The minimum absolute atomic E-state index is 0.532. The number of halogens is 1. The first-order valence-corrected chi connectivity index (χ1v) is 5.25. The maximum atomic E-state index is 5.73. The smallest absolute Gasteiger partial charge is 0.0685 e. The van der Waals surface area contributed by atoms with Crippen molar-refractivity contribution in [3.05, 3.63) is 27.9 Å². The number of hydrogen-bond donors (Lipinski definition) is 1. The minimum Gasteiger partial charge on any atom is -0.326 e. The van der Waals surface area contributed by atoms with E-state index in [0.717, 1.165) is 21.2 Å². The van der Waals surface area contributed by atoms with Crippen LogP contribution in [0.2, 0.25) is 0 Å². The van der Waals surface area contributed by atoms with Crippen molar-refractivity contribution < 1.29 is 0 Å². The van der Waals surface area contributed by atoms with Gasteiger partial charge in [0, 0.05) is 23.5 Å². The minimum atomic E-state index is 0.532. The summed E-state index contributed by atoms with van der Waals surface area (Å²) in [7, 11) is 1.95. The molecule has 0 radical (unpaired) electrons. The van der Waals surface area contributed by atoms with Crippen molar-refractivity contribution >= 4 is 26.8 Å². The molecule has 2 aromatic rings. The van der Waals surface area contributed by atoms with E-state index in [1.807, 2.05) is 24.7 Å². The summed E-state index contributed by atoms with van der Waals surface area (Å²) in [5.41, 5.74) is 9.02.